The molecule has 2 fully saturated rings. The van der Waals surface area contributed by atoms with Crippen LogP contribution in [0.1, 0.15) is 38.7 Å². The van der Waals surface area contributed by atoms with Crippen molar-refractivity contribution in [3.05, 3.63) is 35.9 Å². The van der Waals surface area contributed by atoms with Gasteiger partial charge in [0.15, 0.2) is 0 Å². The summed E-state index contributed by atoms with van der Waals surface area (Å²) in [7, 11) is 0. The van der Waals surface area contributed by atoms with Gasteiger partial charge in [-0.05, 0) is 43.1 Å². The van der Waals surface area contributed by atoms with Gasteiger partial charge in [-0.3, -0.25) is 4.79 Å². The van der Waals surface area contributed by atoms with Crippen LogP contribution < -0.4 is 5.32 Å². The van der Waals surface area contributed by atoms with Crippen LogP contribution in [-0.4, -0.2) is 49.2 Å². The van der Waals surface area contributed by atoms with Crippen LogP contribution in [0.2, 0.25) is 0 Å². The van der Waals surface area contributed by atoms with Crippen LogP contribution in [0, 0.1) is 11.8 Å². The number of hydrogen-bond donors (Lipinski definition) is 1. The second-order valence-electron chi connectivity index (χ2n) is 7.90. The number of ether oxygens (including phenoxy) is 1. The fourth-order valence-corrected chi connectivity index (χ4v) is 4.01. The SMILES string of the molecule is CC(C)C(NC1CCOCC1)C(=O)N1CCC(Cc2ccccc2)C1. The van der Waals surface area contributed by atoms with Crippen molar-refractivity contribution in [1.82, 2.24) is 10.2 Å². The first-order valence-corrected chi connectivity index (χ1v) is 9.80. The summed E-state index contributed by atoms with van der Waals surface area (Å²) in [6.07, 6.45) is 4.20. The minimum absolute atomic E-state index is 0.0708. The zero-order valence-electron chi connectivity index (χ0n) is 15.6. The number of carbonyl (C=O) groups is 1. The van der Waals surface area contributed by atoms with Gasteiger partial charge in [0, 0.05) is 32.3 Å². The molecule has 2 atom stereocenters. The van der Waals surface area contributed by atoms with Crippen LogP contribution in [0.5, 0.6) is 0 Å². The zero-order valence-corrected chi connectivity index (χ0v) is 15.6. The van der Waals surface area contributed by atoms with Crippen LogP contribution >= 0.6 is 0 Å². The molecule has 2 saturated heterocycles. The zero-order chi connectivity index (χ0) is 17.6. The summed E-state index contributed by atoms with van der Waals surface area (Å²) in [5.41, 5.74) is 1.38. The normalized spacial score (nSPS) is 23.2. The molecule has 1 aromatic rings. The highest BCUT2D eigenvalue weighted by Gasteiger charge is 2.33. The third-order valence-electron chi connectivity index (χ3n) is 5.53. The lowest BCUT2D eigenvalue weighted by Crippen LogP contribution is -2.53. The molecule has 1 amide bonds. The van der Waals surface area contributed by atoms with Crippen LogP contribution in [0.15, 0.2) is 30.3 Å². The molecule has 0 radical (unpaired) electrons. The lowest BCUT2D eigenvalue weighted by Gasteiger charge is -2.32. The molecule has 4 nitrogen and oxygen atoms in total. The van der Waals surface area contributed by atoms with Gasteiger partial charge in [-0.25, -0.2) is 0 Å². The molecule has 4 heteroatoms. The molecule has 0 bridgehead atoms. The number of benzene rings is 1. The van der Waals surface area contributed by atoms with Gasteiger partial charge < -0.3 is 15.0 Å². The largest absolute Gasteiger partial charge is 0.381 e. The Kier molecular flexibility index (Phi) is 6.49. The summed E-state index contributed by atoms with van der Waals surface area (Å²) in [5.74, 6) is 1.18. The first-order chi connectivity index (χ1) is 12.1. The van der Waals surface area contributed by atoms with E-state index in [-0.39, 0.29) is 11.9 Å². The van der Waals surface area contributed by atoms with Gasteiger partial charge >= 0.3 is 0 Å². The maximum atomic E-state index is 13.1. The lowest BCUT2D eigenvalue weighted by atomic mass is 9.98. The lowest BCUT2D eigenvalue weighted by molar-refractivity contribution is -0.134. The first-order valence-electron chi connectivity index (χ1n) is 9.80. The van der Waals surface area contributed by atoms with E-state index >= 15 is 0 Å². The molecule has 0 aromatic heterocycles. The Morgan fingerprint density at radius 1 is 1.20 bits per heavy atom. The molecule has 25 heavy (non-hydrogen) atoms. The van der Waals surface area contributed by atoms with Crippen LogP contribution in [0.4, 0.5) is 0 Å². The quantitative estimate of drug-likeness (QED) is 0.863. The van der Waals surface area contributed by atoms with Gasteiger partial charge in [-0.2, -0.15) is 0 Å². The van der Waals surface area contributed by atoms with E-state index in [0.29, 0.717) is 17.9 Å². The molecule has 0 saturated carbocycles. The van der Waals surface area contributed by atoms with Gasteiger partial charge in [0.25, 0.3) is 0 Å². The fourth-order valence-electron chi connectivity index (χ4n) is 4.01. The van der Waals surface area contributed by atoms with Crippen molar-refractivity contribution in [1.29, 1.82) is 0 Å². The van der Waals surface area contributed by atoms with E-state index < -0.39 is 0 Å². The molecular formula is C21H32N2O2. The van der Waals surface area contributed by atoms with E-state index in [4.69, 9.17) is 4.74 Å². The topological polar surface area (TPSA) is 41.6 Å². The van der Waals surface area contributed by atoms with Gasteiger partial charge in [0.1, 0.15) is 0 Å². The van der Waals surface area contributed by atoms with Crippen LogP contribution in [0.25, 0.3) is 0 Å². The monoisotopic (exact) mass is 344 g/mol. The Bertz CT molecular complexity index is 540. The van der Waals surface area contributed by atoms with Crippen molar-refractivity contribution >= 4 is 5.91 Å². The van der Waals surface area contributed by atoms with E-state index in [1.54, 1.807) is 0 Å². The number of nitrogens with one attached hydrogen (secondary N) is 1. The highest BCUT2D eigenvalue weighted by Crippen LogP contribution is 2.23. The van der Waals surface area contributed by atoms with E-state index in [1.807, 2.05) is 0 Å². The maximum Gasteiger partial charge on any atom is 0.239 e. The van der Waals surface area contributed by atoms with Crippen molar-refractivity contribution < 1.29 is 9.53 Å². The fraction of sp³-hybridized carbons (Fsp3) is 0.667. The third kappa shape index (κ3) is 5.05. The van der Waals surface area contributed by atoms with E-state index in [2.05, 4.69) is 54.4 Å². The molecular weight excluding hydrogens is 312 g/mol. The molecule has 3 rings (SSSR count). The molecule has 2 aliphatic heterocycles. The number of carbonyl (C=O) groups excluding carboxylic acids is 1. The van der Waals surface area contributed by atoms with E-state index in [1.165, 1.54) is 5.56 Å². The molecule has 138 valence electrons. The molecule has 1 aromatic carbocycles. The summed E-state index contributed by atoms with van der Waals surface area (Å²) >= 11 is 0. The van der Waals surface area contributed by atoms with E-state index in [9.17, 15) is 4.79 Å². The second-order valence-corrected chi connectivity index (χ2v) is 7.90. The smallest absolute Gasteiger partial charge is 0.239 e. The maximum absolute atomic E-state index is 13.1. The molecule has 1 N–H and O–H groups in total. The molecule has 2 aliphatic rings. The highest BCUT2D eigenvalue weighted by molar-refractivity contribution is 5.82. The second kappa shape index (κ2) is 8.81. The molecule has 0 spiro atoms. The van der Waals surface area contributed by atoms with Gasteiger partial charge in [-0.1, -0.05) is 44.2 Å². The summed E-state index contributed by atoms with van der Waals surface area (Å²) < 4.78 is 5.44. The Balaban J connectivity index is 1.55. The molecule has 2 unspecified atom stereocenters. The number of likely N-dealkylation sites (tertiary alicyclic amines) is 1. The Hall–Kier alpha value is -1.39. The van der Waals surface area contributed by atoms with Crippen molar-refractivity contribution in [3.63, 3.8) is 0 Å². The standard InChI is InChI=1S/C21H32N2O2/c1-16(2)20(22-19-9-12-25-13-10-19)21(24)23-11-8-18(15-23)14-17-6-4-3-5-7-17/h3-7,16,18-20,22H,8-15H2,1-2H3. The molecule has 2 heterocycles. The summed E-state index contributed by atoms with van der Waals surface area (Å²) in [5, 5.41) is 3.63. The number of rotatable bonds is 6. The van der Waals surface area contributed by atoms with Crippen LogP contribution in [-0.2, 0) is 16.0 Å². The highest BCUT2D eigenvalue weighted by atomic mass is 16.5. The minimum atomic E-state index is -0.0708. The molecule has 0 aliphatic carbocycles. The number of hydrogen-bond acceptors (Lipinski definition) is 3. The van der Waals surface area contributed by atoms with Gasteiger partial charge in [0.05, 0.1) is 6.04 Å². The summed E-state index contributed by atoms with van der Waals surface area (Å²) in [6, 6.07) is 11.0. The predicted molar refractivity (Wildman–Crippen MR) is 100 cm³/mol. The van der Waals surface area contributed by atoms with Gasteiger partial charge in [0.2, 0.25) is 5.91 Å². The number of amides is 1. The minimum Gasteiger partial charge on any atom is -0.381 e. The summed E-state index contributed by atoms with van der Waals surface area (Å²) in [4.78, 5) is 15.2. The Morgan fingerprint density at radius 2 is 1.92 bits per heavy atom. The summed E-state index contributed by atoms with van der Waals surface area (Å²) in [6.45, 7) is 7.69. The predicted octanol–water partition coefficient (Wildman–Crippen LogP) is 2.87. The van der Waals surface area contributed by atoms with Crippen LogP contribution in [0.3, 0.4) is 0 Å². The Labute approximate surface area is 151 Å². The van der Waals surface area contributed by atoms with Crippen molar-refractivity contribution in [2.45, 2.75) is 51.6 Å². The van der Waals surface area contributed by atoms with Crippen molar-refractivity contribution in [2.75, 3.05) is 26.3 Å². The Morgan fingerprint density at radius 3 is 2.60 bits per heavy atom. The van der Waals surface area contributed by atoms with Crippen molar-refractivity contribution in [3.8, 4) is 0 Å². The average molecular weight is 344 g/mol. The van der Waals surface area contributed by atoms with Gasteiger partial charge in [-0.15, -0.1) is 0 Å². The third-order valence-corrected chi connectivity index (χ3v) is 5.53. The van der Waals surface area contributed by atoms with Crippen molar-refractivity contribution in [2.24, 2.45) is 11.8 Å². The first kappa shape index (κ1) is 18.4. The number of nitrogens with zero attached hydrogens (tertiary/aromatic N) is 1. The average Bonchev–Trinajstić information content (AvgIpc) is 3.09. The van der Waals surface area contributed by atoms with E-state index in [0.717, 1.165) is 52.0 Å².